The van der Waals surface area contributed by atoms with E-state index in [1.54, 1.807) is 7.11 Å². The Morgan fingerprint density at radius 3 is 2.75 bits per heavy atom. The summed E-state index contributed by atoms with van der Waals surface area (Å²) in [5.41, 5.74) is 7.02. The number of hydrogen-bond acceptors (Lipinski definition) is 6. The zero-order chi connectivity index (χ0) is 14.2. The van der Waals surface area contributed by atoms with Crippen LogP contribution in [0.25, 0.3) is 0 Å². The van der Waals surface area contributed by atoms with Gasteiger partial charge in [0.2, 0.25) is 5.89 Å². The van der Waals surface area contributed by atoms with Crippen LogP contribution in [0.1, 0.15) is 23.3 Å². The Hall–Kier alpha value is -1.76. The molecule has 0 fully saturated rings. The van der Waals surface area contributed by atoms with E-state index in [1.807, 2.05) is 30.3 Å². The molecule has 1 aromatic carbocycles. The van der Waals surface area contributed by atoms with Crippen LogP contribution in [0, 0.1) is 0 Å². The predicted molar refractivity (Wildman–Crippen MR) is 73.2 cm³/mol. The van der Waals surface area contributed by atoms with Crippen LogP contribution >= 0.6 is 0 Å². The minimum Gasteiger partial charge on any atom is -0.382 e. The maximum Gasteiger partial charge on any atom is 0.248 e. The second-order valence-corrected chi connectivity index (χ2v) is 4.29. The van der Waals surface area contributed by atoms with Crippen LogP contribution < -0.4 is 5.73 Å². The average molecular weight is 277 g/mol. The van der Waals surface area contributed by atoms with E-state index in [2.05, 4.69) is 10.1 Å². The zero-order valence-electron chi connectivity index (χ0n) is 11.5. The molecule has 20 heavy (non-hydrogen) atoms. The molecule has 1 aromatic heterocycles. The van der Waals surface area contributed by atoms with Crippen LogP contribution in [0.2, 0.25) is 0 Å². The van der Waals surface area contributed by atoms with Gasteiger partial charge in [-0.1, -0.05) is 35.5 Å². The van der Waals surface area contributed by atoms with Gasteiger partial charge < -0.3 is 19.7 Å². The molecule has 0 aliphatic rings. The third-order valence-corrected chi connectivity index (χ3v) is 2.81. The molecule has 2 aromatic rings. The van der Waals surface area contributed by atoms with Crippen molar-refractivity contribution in [2.45, 2.75) is 12.5 Å². The molecule has 0 radical (unpaired) electrons. The highest BCUT2D eigenvalue weighted by Gasteiger charge is 2.16. The first kappa shape index (κ1) is 14.6. The van der Waals surface area contributed by atoms with E-state index >= 15 is 0 Å². The second-order valence-electron chi connectivity index (χ2n) is 4.29. The van der Waals surface area contributed by atoms with E-state index in [0.717, 1.165) is 5.56 Å². The molecule has 108 valence electrons. The molecule has 1 unspecified atom stereocenters. The number of hydrogen-bond donors (Lipinski definition) is 1. The highest BCUT2D eigenvalue weighted by molar-refractivity contribution is 5.22. The first-order valence-corrected chi connectivity index (χ1v) is 6.51. The van der Waals surface area contributed by atoms with Crippen LogP contribution in [-0.4, -0.2) is 37.1 Å². The molecule has 6 heteroatoms. The van der Waals surface area contributed by atoms with E-state index in [9.17, 15) is 0 Å². The summed E-state index contributed by atoms with van der Waals surface area (Å²) >= 11 is 0. The maximum absolute atomic E-state index is 6.08. The van der Waals surface area contributed by atoms with Crippen molar-refractivity contribution in [1.29, 1.82) is 0 Å². The lowest BCUT2D eigenvalue weighted by molar-refractivity contribution is 0.0714. The Labute approximate surface area is 117 Å². The van der Waals surface area contributed by atoms with E-state index in [4.69, 9.17) is 19.7 Å². The number of rotatable bonds is 8. The van der Waals surface area contributed by atoms with Crippen LogP contribution in [0.15, 0.2) is 34.9 Å². The van der Waals surface area contributed by atoms with Gasteiger partial charge >= 0.3 is 0 Å². The molecule has 1 heterocycles. The van der Waals surface area contributed by atoms with Gasteiger partial charge in [0, 0.05) is 13.5 Å². The van der Waals surface area contributed by atoms with Gasteiger partial charge in [-0.3, -0.25) is 0 Å². The van der Waals surface area contributed by atoms with E-state index in [0.29, 0.717) is 38.0 Å². The molecule has 2 rings (SSSR count). The number of aromatic nitrogens is 2. The molecule has 0 aliphatic heterocycles. The Kier molecular flexibility index (Phi) is 5.67. The fourth-order valence-corrected chi connectivity index (χ4v) is 1.71. The lowest BCUT2D eigenvalue weighted by Gasteiger charge is -2.05. The molecule has 0 spiro atoms. The smallest absolute Gasteiger partial charge is 0.248 e. The van der Waals surface area contributed by atoms with Crippen molar-refractivity contribution in [2.24, 2.45) is 5.73 Å². The normalized spacial score (nSPS) is 12.5. The summed E-state index contributed by atoms with van der Waals surface area (Å²) in [6.07, 6.45) is 0.592. The second kappa shape index (κ2) is 7.74. The predicted octanol–water partition coefficient (Wildman–Crippen LogP) is 1.32. The highest BCUT2D eigenvalue weighted by Crippen LogP contribution is 2.17. The average Bonchev–Trinajstić information content (AvgIpc) is 2.96. The fraction of sp³-hybridized carbons (Fsp3) is 0.429. The van der Waals surface area contributed by atoms with Crippen molar-refractivity contribution in [1.82, 2.24) is 10.1 Å². The van der Waals surface area contributed by atoms with Crippen LogP contribution in [0.3, 0.4) is 0 Å². The summed E-state index contributed by atoms with van der Waals surface area (Å²) in [7, 11) is 1.64. The van der Waals surface area contributed by atoms with Gasteiger partial charge in [0.05, 0.1) is 19.8 Å². The molecule has 0 amide bonds. The lowest BCUT2D eigenvalue weighted by atomic mass is 10.1. The fourth-order valence-electron chi connectivity index (χ4n) is 1.71. The SMILES string of the molecule is COCCOCCc1noc(C(N)c2ccccc2)n1. The summed E-state index contributed by atoms with van der Waals surface area (Å²) in [5, 5.41) is 3.90. The molecule has 0 aliphatic carbocycles. The number of methoxy groups -OCH3 is 1. The van der Waals surface area contributed by atoms with Gasteiger partial charge in [0.1, 0.15) is 6.04 Å². The van der Waals surface area contributed by atoms with E-state index < -0.39 is 6.04 Å². The van der Waals surface area contributed by atoms with Crippen molar-refractivity contribution in [3.05, 3.63) is 47.6 Å². The van der Waals surface area contributed by atoms with Gasteiger partial charge in [0.15, 0.2) is 5.82 Å². The molecule has 6 nitrogen and oxygen atoms in total. The van der Waals surface area contributed by atoms with Gasteiger partial charge in [-0.25, -0.2) is 0 Å². The monoisotopic (exact) mass is 277 g/mol. The molecular weight excluding hydrogens is 258 g/mol. The van der Waals surface area contributed by atoms with Crippen LogP contribution in [0.5, 0.6) is 0 Å². The van der Waals surface area contributed by atoms with Crippen molar-refractivity contribution < 1.29 is 14.0 Å². The molecule has 0 bridgehead atoms. The van der Waals surface area contributed by atoms with Crippen molar-refractivity contribution in [3.8, 4) is 0 Å². The minimum atomic E-state index is -0.396. The molecule has 1 atom stereocenters. The van der Waals surface area contributed by atoms with E-state index in [-0.39, 0.29) is 0 Å². The third-order valence-electron chi connectivity index (χ3n) is 2.81. The quantitative estimate of drug-likeness (QED) is 0.733. The standard InChI is InChI=1S/C14H19N3O3/c1-18-9-10-19-8-7-12-16-14(20-17-12)13(15)11-5-3-2-4-6-11/h2-6,13H,7-10,15H2,1H3. The van der Waals surface area contributed by atoms with Crippen LogP contribution in [-0.2, 0) is 15.9 Å². The Balaban J connectivity index is 1.85. The highest BCUT2D eigenvalue weighted by atomic mass is 16.5. The van der Waals surface area contributed by atoms with Crippen LogP contribution in [0.4, 0.5) is 0 Å². The van der Waals surface area contributed by atoms with Gasteiger partial charge in [0.25, 0.3) is 0 Å². The summed E-state index contributed by atoms with van der Waals surface area (Å²) < 4.78 is 15.4. The number of benzene rings is 1. The number of ether oxygens (including phenoxy) is 2. The molecule has 0 saturated heterocycles. The zero-order valence-corrected chi connectivity index (χ0v) is 11.5. The van der Waals surface area contributed by atoms with Gasteiger partial charge in [-0.05, 0) is 5.56 Å². The maximum atomic E-state index is 6.08. The van der Waals surface area contributed by atoms with Crippen molar-refractivity contribution in [2.75, 3.05) is 26.9 Å². The topological polar surface area (TPSA) is 83.4 Å². The Bertz CT molecular complexity index is 501. The largest absolute Gasteiger partial charge is 0.382 e. The lowest BCUT2D eigenvalue weighted by Crippen LogP contribution is -2.12. The van der Waals surface area contributed by atoms with Crippen molar-refractivity contribution in [3.63, 3.8) is 0 Å². The summed E-state index contributed by atoms with van der Waals surface area (Å²) in [4.78, 5) is 4.29. The van der Waals surface area contributed by atoms with Crippen molar-refractivity contribution >= 4 is 0 Å². The van der Waals surface area contributed by atoms with Gasteiger partial charge in [-0.15, -0.1) is 0 Å². The number of nitrogens with two attached hydrogens (primary N) is 1. The summed E-state index contributed by atoms with van der Waals surface area (Å²) in [6.45, 7) is 1.67. The summed E-state index contributed by atoms with van der Waals surface area (Å²) in [5.74, 6) is 1.02. The Morgan fingerprint density at radius 2 is 2.00 bits per heavy atom. The van der Waals surface area contributed by atoms with Gasteiger partial charge in [-0.2, -0.15) is 4.98 Å². The number of nitrogens with zero attached hydrogens (tertiary/aromatic N) is 2. The van der Waals surface area contributed by atoms with E-state index in [1.165, 1.54) is 0 Å². The first-order chi connectivity index (χ1) is 9.81. The minimum absolute atomic E-state index is 0.396. The third kappa shape index (κ3) is 4.12. The Morgan fingerprint density at radius 1 is 1.20 bits per heavy atom. The molecule has 2 N–H and O–H groups in total. The summed E-state index contributed by atoms with van der Waals surface area (Å²) in [6, 6.07) is 9.26. The molecular formula is C14H19N3O3. The first-order valence-electron chi connectivity index (χ1n) is 6.51. The molecule has 0 saturated carbocycles.